The summed E-state index contributed by atoms with van der Waals surface area (Å²) in [5.41, 5.74) is 3.68. The Kier molecular flexibility index (Phi) is 5.03. The zero-order valence-corrected chi connectivity index (χ0v) is 13.9. The largest absolute Gasteiger partial charge is 0.292 e. The molecule has 1 aromatic heterocycles. The van der Waals surface area contributed by atoms with Crippen LogP contribution in [0.15, 0.2) is 34.2 Å². The maximum atomic E-state index is 12.5. The minimum Gasteiger partial charge on any atom is -0.267 e. The van der Waals surface area contributed by atoms with Crippen LogP contribution < -0.4 is 11.0 Å². The maximum Gasteiger partial charge on any atom is 0.292 e. The van der Waals surface area contributed by atoms with Crippen molar-refractivity contribution in [3.8, 4) is 0 Å². The molecule has 2 aromatic rings. The van der Waals surface area contributed by atoms with E-state index in [1.165, 1.54) is 23.9 Å². The fourth-order valence-electron chi connectivity index (χ4n) is 3.08. The van der Waals surface area contributed by atoms with Gasteiger partial charge in [0.15, 0.2) is 5.69 Å². The Morgan fingerprint density at radius 3 is 2.42 bits per heavy atom. The molecular formula is C18H22N4O2. The van der Waals surface area contributed by atoms with Crippen molar-refractivity contribution in [2.45, 2.75) is 44.9 Å². The highest BCUT2D eigenvalue weighted by atomic mass is 16.2. The van der Waals surface area contributed by atoms with E-state index in [0.29, 0.717) is 10.8 Å². The highest BCUT2D eigenvalue weighted by molar-refractivity contribution is 6.05. The average molecular weight is 326 g/mol. The topological polar surface area (TPSA) is 76.3 Å². The molecular weight excluding hydrogens is 304 g/mol. The van der Waals surface area contributed by atoms with Gasteiger partial charge in [-0.1, -0.05) is 37.5 Å². The van der Waals surface area contributed by atoms with E-state index in [0.717, 1.165) is 31.4 Å². The van der Waals surface area contributed by atoms with Gasteiger partial charge in [0.2, 0.25) is 0 Å². The lowest BCUT2D eigenvalue weighted by atomic mass is 9.99. The van der Waals surface area contributed by atoms with Gasteiger partial charge in [-0.15, -0.1) is 0 Å². The number of benzene rings is 1. The summed E-state index contributed by atoms with van der Waals surface area (Å²) < 4.78 is 1.19. The van der Waals surface area contributed by atoms with Gasteiger partial charge < -0.3 is 0 Å². The Balaban J connectivity index is 1.86. The minimum absolute atomic E-state index is 0.214. The van der Waals surface area contributed by atoms with Crippen molar-refractivity contribution in [2.75, 3.05) is 0 Å². The molecule has 1 fully saturated rings. The molecule has 0 bridgehead atoms. The number of nitrogens with one attached hydrogen (secondary N) is 1. The zero-order chi connectivity index (χ0) is 16.9. The number of hydrogen-bond donors (Lipinski definition) is 1. The van der Waals surface area contributed by atoms with Crippen LogP contribution in [-0.2, 0) is 7.05 Å². The van der Waals surface area contributed by atoms with Crippen LogP contribution in [0.3, 0.4) is 0 Å². The van der Waals surface area contributed by atoms with E-state index in [1.807, 2.05) is 0 Å². The number of hydrazone groups is 1. The lowest BCUT2D eigenvalue weighted by Crippen LogP contribution is -2.27. The molecule has 126 valence electrons. The van der Waals surface area contributed by atoms with E-state index in [9.17, 15) is 9.59 Å². The zero-order valence-electron chi connectivity index (χ0n) is 13.9. The summed E-state index contributed by atoms with van der Waals surface area (Å²) >= 11 is 0. The summed E-state index contributed by atoms with van der Waals surface area (Å²) in [6, 6.07) is 7.01. The highest BCUT2D eigenvalue weighted by Crippen LogP contribution is 2.15. The van der Waals surface area contributed by atoms with Crippen molar-refractivity contribution >= 4 is 22.4 Å². The monoisotopic (exact) mass is 326 g/mol. The van der Waals surface area contributed by atoms with Gasteiger partial charge in [-0.3, -0.25) is 9.59 Å². The van der Waals surface area contributed by atoms with Crippen LogP contribution in [0.1, 0.15) is 55.4 Å². The van der Waals surface area contributed by atoms with E-state index in [4.69, 9.17) is 0 Å². The van der Waals surface area contributed by atoms with Gasteiger partial charge >= 0.3 is 0 Å². The van der Waals surface area contributed by atoms with Crippen LogP contribution in [0, 0.1) is 0 Å². The first-order valence-electron chi connectivity index (χ1n) is 8.48. The third-order valence-corrected chi connectivity index (χ3v) is 4.42. The van der Waals surface area contributed by atoms with Gasteiger partial charge in [-0.2, -0.15) is 10.2 Å². The summed E-state index contributed by atoms with van der Waals surface area (Å²) in [5, 5.41) is 9.47. The quantitative estimate of drug-likeness (QED) is 0.862. The average Bonchev–Trinajstić information content (AvgIpc) is 2.57. The first kappa shape index (κ1) is 16.4. The number of aromatic nitrogens is 2. The molecule has 0 aliphatic heterocycles. The minimum atomic E-state index is -0.378. The van der Waals surface area contributed by atoms with Gasteiger partial charge in [-0.05, 0) is 31.7 Å². The van der Waals surface area contributed by atoms with Crippen LogP contribution >= 0.6 is 0 Å². The normalized spacial score (nSPS) is 15.6. The Labute approximate surface area is 140 Å². The Hall–Kier alpha value is -2.50. The Morgan fingerprint density at radius 1 is 1.08 bits per heavy atom. The first-order valence-corrected chi connectivity index (χ1v) is 8.48. The third kappa shape index (κ3) is 3.53. The van der Waals surface area contributed by atoms with E-state index in [1.54, 1.807) is 31.3 Å². The molecule has 1 aromatic carbocycles. The van der Waals surface area contributed by atoms with Gasteiger partial charge in [0, 0.05) is 18.1 Å². The molecule has 0 radical (unpaired) electrons. The van der Waals surface area contributed by atoms with E-state index in [2.05, 4.69) is 15.6 Å². The smallest absolute Gasteiger partial charge is 0.267 e. The number of carbonyl (C=O) groups excluding carboxylic acids is 1. The van der Waals surface area contributed by atoms with Crippen LogP contribution in [0.25, 0.3) is 10.8 Å². The van der Waals surface area contributed by atoms with Gasteiger partial charge in [0.05, 0.1) is 5.39 Å². The molecule has 0 atom stereocenters. The molecule has 1 amide bonds. The van der Waals surface area contributed by atoms with Crippen molar-refractivity contribution in [3.05, 3.63) is 40.3 Å². The summed E-state index contributed by atoms with van der Waals surface area (Å²) in [6.45, 7) is 0. The van der Waals surface area contributed by atoms with E-state index in [-0.39, 0.29) is 17.2 Å². The molecule has 1 saturated carbocycles. The molecule has 24 heavy (non-hydrogen) atoms. The highest BCUT2D eigenvalue weighted by Gasteiger charge is 2.15. The Bertz CT molecular complexity index is 829. The number of fused-ring (bicyclic) bond motifs is 1. The van der Waals surface area contributed by atoms with Crippen LogP contribution in [0.5, 0.6) is 0 Å². The molecule has 0 saturated heterocycles. The fraction of sp³-hybridized carbons (Fsp3) is 0.444. The molecule has 6 heteroatoms. The predicted molar refractivity (Wildman–Crippen MR) is 94.2 cm³/mol. The van der Waals surface area contributed by atoms with E-state index >= 15 is 0 Å². The summed E-state index contributed by atoms with van der Waals surface area (Å²) in [7, 11) is 1.55. The molecule has 6 nitrogen and oxygen atoms in total. The Morgan fingerprint density at radius 2 is 1.71 bits per heavy atom. The van der Waals surface area contributed by atoms with Crippen molar-refractivity contribution in [3.63, 3.8) is 0 Å². The van der Waals surface area contributed by atoms with Crippen molar-refractivity contribution in [2.24, 2.45) is 12.1 Å². The summed E-state index contributed by atoms with van der Waals surface area (Å²) in [5.74, 6) is -0.378. The van der Waals surface area contributed by atoms with Crippen molar-refractivity contribution in [1.82, 2.24) is 15.2 Å². The van der Waals surface area contributed by atoms with Crippen LogP contribution in [0.4, 0.5) is 0 Å². The number of rotatable bonds is 2. The molecule has 1 aliphatic rings. The number of hydrogen-bond acceptors (Lipinski definition) is 4. The van der Waals surface area contributed by atoms with Crippen molar-refractivity contribution in [1.29, 1.82) is 0 Å². The number of amides is 1. The second-order valence-electron chi connectivity index (χ2n) is 6.21. The van der Waals surface area contributed by atoms with Gasteiger partial charge in [-0.25, -0.2) is 10.1 Å². The molecule has 1 aliphatic carbocycles. The second-order valence-corrected chi connectivity index (χ2v) is 6.21. The molecule has 1 heterocycles. The first-order chi connectivity index (χ1) is 11.7. The molecule has 1 N–H and O–H groups in total. The summed E-state index contributed by atoms with van der Waals surface area (Å²) in [6.07, 6.45) is 7.84. The predicted octanol–water partition coefficient (Wildman–Crippen LogP) is 2.76. The van der Waals surface area contributed by atoms with Crippen molar-refractivity contribution < 1.29 is 4.79 Å². The fourth-order valence-corrected chi connectivity index (χ4v) is 3.08. The summed E-state index contributed by atoms with van der Waals surface area (Å²) in [4.78, 5) is 24.6. The molecule has 3 rings (SSSR count). The maximum absolute atomic E-state index is 12.5. The standard InChI is InChI=1S/C18H22N4O2/c1-22-18(24)15-12-8-7-11-14(15)16(21-22)17(23)20-19-13-9-5-3-2-4-6-10-13/h7-8,11-12H,2-6,9-10H2,1H3,(H,20,23). The number of nitrogens with zero attached hydrogens (tertiary/aromatic N) is 3. The second kappa shape index (κ2) is 7.38. The molecule has 0 unspecified atom stereocenters. The SMILES string of the molecule is Cn1nc(C(=O)NN=C2CCCCCCC2)c2ccccc2c1=O. The molecule has 0 spiro atoms. The lowest BCUT2D eigenvalue weighted by molar-refractivity contribution is 0.0949. The number of aryl methyl sites for hydroxylation is 1. The van der Waals surface area contributed by atoms with Gasteiger partial charge in [0.25, 0.3) is 11.5 Å². The van der Waals surface area contributed by atoms with Crippen LogP contribution in [-0.4, -0.2) is 21.4 Å². The lowest BCUT2D eigenvalue weighted by Gasteiger charge is -2.11. The van der Waals surface area contributed by atoms with Gasteiger partial charge in [0.1, 0.15) is 0 Å². The number of carbonyl (C=O) groups is 1. The third-order valence-electron chi connectivity index (χ3n) is 4.42. The van der Waals surface area contributed by atoms with Crippen LogP contribution in [0.2, 0.25) is 0 Å². The van der Waals surface area contributed by atoms with E-state index < -0.39 is 0 Å².